The minimum absolute atomic E-state index is 0.0498. The normalized spacial score (nSPS) is 10.7. The van der Waals surface area contributed by atoms with Crippen molar-refractivity contribution in [3.63, 3.8) is 0 Å². The van der Waals surface area contributed by atoms with Crippen molar-refractivity contribution >= 4 is 23.0 Å². The number of nitrogens with one attached hydrogen (secondary N) is 1. The fourth-order valence-corrected chi connectivity index (χ4v) is 2.37. The molecule has 0 saturated heterocycles. The predicted molar refractivity (Wildman–Crippen MR) is 86.9 cm³/mol. The first-order valence-corrected chi connectivity index (χ1v) is 7.20. The zero-order valence-corrected chi connectivity index (χ0v) is 13.1. The molecule has 0 aliphatic heterocycles. The molecule has 0 radical (unpaired) electrons. The Morgan fingerprint density at radius 1 is 1.13 bits per heavy atom. The van der Waals surface area contributed by atoms with Gasteiger partial charge in [-0.1, -0.05) is 12.1 Å². The van der Waals surface area contributed by atoms with E-state index in [1.165, 1.54) is 6.92 Å². The van der Waals surface area contributed by atoms with Gasteiger partial charge in [0.1, 0.15) is 5.69 Å². The van der Waals surface area contributed by atoms with Crippen molar-refractivity contribution in [2.24, 2.45) is 0 Å². The lowest BCUT2D eigenvalue weighted by atomic mass is 10.1. The van der Waals surface area contributed by atoms with E-state index in [0.29, 0.717) is 22.6 Å². The Hall–Kier alpha value is -3.02. The molecule has 1 amide bonds. The van der Waals surface area contributed by atoms with E-state index in [-0.39, 0.29) is 11.7 Å². The molecule has 0 atom stereocenters. The van der Waals surface area contributed by atoms with Gasteiger partial charge in [-0.05, 0) is 39.0 Å². The van der Waals surface area contributed by atoms with Gasteiger partial charge in [-0.3, -0.25) is 9.59 Å². The van der Waals surface area contributed by atoms with E-state index >= 15 is 0 Å². The largest absolute Gasteiger partial charge is 0.321 e. The molecule has 1 aromatic carbocycles. The van der Waals surface area contributed by atoms with E-state index in [1.807, 2.05) is 19.9 Å². The molecular weight excluding hydrogens is 292 g/mol. The molecule has 0 spiro atoms. The SMILES string of the molecule is CC(=O)c1cccc(NC(=O)c2cc(C)n3nc(C)cc3n2)c1. The van der Waals surface area contributed by atoms with Crippen LogP contribution in [0.1, 0.15) is 39.2 Å². The highest BCUT2D eigenvalue weighted by Crippen LogP contribution is 2.14. The van der Waals surface area contributed by atoms with E-state index in [9.17, 15) is 9.59 Å². The van der Waals surface area contributed by atoms with Gasteiger partial charge < -0.3 is 5.32 Å². The molecule has 23 heavy (non-hydrogen) atoms. The van der Waals surface area contributed by atoms with Crippen LogP contribution in [0.4, 0.5) is 5.69 Å². The number of fused-ring (bicyclic) bond motifs is 1. The highest BCUT2D eigenvalue weighted by Gasteiger charge is 2.12. The lowest BCUT2D eigenvalue weighted by Crippen LogP contribution is -2.15. The van der Waals surface area contributed by atoms with Crippen molar-refractivity contribution in [1.82, 2.24) is 14.6 Å². The van der Waals surface area contributed by atoms with Gasteiger partial charge in [0.15, 0.2) is 11.4 Å². The van der Waals surface area contributed by atoms with Crippen LogP contribution in [0.2, 0.25) is 0 Å². The van der Waals surface area contributed by atoms with Crippen molar-refractivity contribution < 1.29 is 9.59 Å². The molecule has 0 aliphatic carbocycles. The molecule has 116 valence electrons. The molecule has 1 N–H and O–H groups in total. The van der Waals surface area contributed by atoms with Crippen molar-refractivity contribution in [3.05, 3.63) is 59.0 Å². The summed E-state index contributed by atoms with van der Waals surface area (Å²) in [6, 6.07) is 10.3. The van der Waals surface area contributed by atoms with Gasteiger partial charge in [0, 0.05) is 23.0 Å². The Bertz CT molecular complexity index is 927. The highest BCUT2D eigenvalue weighted by molar-refractivity contribution is 6.04. The summed E-state index contributed by atoms with van der Waals surface area (Å²) in [4.78, 5) is 28.2. The Kier molecular flexibility index (Phi) is 3.65. The van der Waals surface area contributed by atoms with Crippen LogP contribution in [-0.2, 0) is 0 Å². The van der Waals surface area contributed by atoms with E-state index in [4.69, 9.17) is 0 Å². The van der Waals surface area contributed by atoms with E-state index in [0.717, 1.165) is 11.4 Å². The van der Waals surface area contributed by atoms with Crippen LogP contribution < -0.4 is 5.32 Å². The topological polar surface area (TPSA) is 76.4 Å². The van der Waals surface area contributed by atoms with Crippen molar-refractivity contribution in [2.45, 2.75) is 20.8 Å². The second kappa shape index (κ2) is 5.64. The quantitative estimate of drug-likeness (QED) is 0.755. The first kappa shape index (κ1) is 14.9. The standard InChI is InChI=1S/C17H16N4O2/c1-10-7-16-19-15(8-11(2)21(16)20-10)17(23)18-14-6-4-5-13(9-14)12(3)22/h4-9H,1-3H3,(H,18,23). The number of aromatic nitrogens is 3. The molecule has 6 nitrogen and oxygen atoms in total. The number of ketones is 1. The van der Waals surface area contributed by atoms with Gasteiger partial charge in [-0.15, -0.1) is 0 Å². The maximum absolute atomic E-state index is 12.4. The minimum atomic E-state index is -0.324. The first-order valence-electron chi connectivity index (χ1n) is 7.20. The molecule has 2 heterocycles. The fourth-order valence-electron chi connectivity index (χ4n) is 2.37. The van der Waals surface area contributed by atoms with Gasteiger partial charge in [0.2, 0.25) is 0 Å². The number of Topliss-reactive ketones (excluding diaryl/α,β-unsaturated/α-hetero) is 1. The van der Waals surface area contributed by atoms with Crippen LogP contribution in [0, 0.1) is 13.8 Å². The second-order valence-electron chi connectivity index (χ2n) is 5.43. The predicted octanol–water partition coefficient (Wildman–Crippen LogP) is 2.80. The fraction of sp³-hybridized carbons (Fsp3) is 0.176. The first-order chi connectivity index (χ1) is 10.9. The lowest BCUT2D eigenvalue weighted by Gasteiger charge is -2.07. The van der Waals surface area contributed by atoms with Gasteiger partial charge in [0.25, 0.3) is 5.91 Å². The average Bonchev–Trinajstić information content (AvgIpc) is 2.88. The van der Waals surface area contributed by atoms with Crippen LogP contribution in [0.15, 0.2) is 36.4 Å². The molecule has 0 aliphatic rings. The number of nitrogens with zero attached hydrogens (tertiary/aromatic N) is 3. The number of carbonyl (C=O) groups is 2. The van der Waals surface area contributed by atoms with Crippen LogP contribution in [0.5, 0.6) is 0 Å². The van der Waals surface area contributed by atoms with Crippen molar-refractivity contribution in [2.75, 3.05) is 5.32 Å². The molecular formula is C17H16N4O2. The van der Waals surface area contributed by atoms with E-state index < -0.39 is 0 Å². The molecule has 3 rings (SSSR count). The molecule has 0 bridgehead atoms. The summed E-state index contributed by atoms with van der Waals surface area (Å²) in [6.07, 6.45) is 0. The summed E-state index contributed by atoms with van der Waals surface area (Å²) < 4.78 is 1.70. The monoisotopic (exact) mass is 308 g/mol. The molecule has 6 heteroatoms. The van der Waals surface area contributed by atoms with Crippen molar-refractivity contribution in [3.8, 4) is 0 Å². The second-order valence-corrected chi connectivity index (χ2v) is 5.43. The number of anilines is 1. The van der Waals surface area contributed by atoms with Crippen LogP contribution >= 0.6 is 0 Å². The summed E-state index contributed by atoms with van der Waals surface area (Å²) in [6.45, 7) is 5.23. The maximum atomic E-state index is 12.4. The van der Waals surface area contributed by atoms with Crippen LogP contribution in [0.25, 0.3) is 5.65 Å². The Labute approximate surface area is 133 Å². The molecule has 0 fully saturated rings. The van der Waals surface area contributed by atoms with Crippen LogP contribution in [-0.4, -0.2) is 26.3 Å². The maximum Gasteiger partial charge on any atom is 0.274 e. The van der Waals surface area contributed by atoms with Crippen LogP contribution in [0.3, 0.4) is 0 Å². The summed E-state index contributed by atoms with van der Waals surface area (Å²) in [5.41, 5.74) is 3.71. The number of benzene rings is 1. The number of aryl methyl sites for hydroxylation is 2. The van der Waals surface area contributed by atoms with E-state index in [1.54, 1.807) is 34.8 Å². The third-order valence-corrected chi connectivity index (χ3v) is 3.49. The lowest BCUT2D eigenvalue weighted by molar-refractivity contribution is 0.100. The minimum Gasteiger partial charge on any atom is -0.321 e. The molecule has 0 saturated carbocycles. The van der Waals surface area contributed by atoms with Gasteiger partial charge in [0.05, 0.1) is 5.69 Å². The molecule has 2 aromatic heterocycles. The Morgan fingerprint density at radius 3 is 2.65 bits per heavy atom. The van der Waals surface area contributed by atoms with Crippen molar-refractivity contribution in [1.29, 1.82) is 0 Å². The third kappa shape index (κ3) is 2.96. The number of amides is 1. The average molecular weight is 308 g/mol. The summed E-state index contributed by atoms with van der Waals surface area (Å²) >= 11 is 0. The highest BCUT2D eigenvalue weighted by atomic mass is 16.2. The number of carbonyl (C=O) groups excluding carboxylic acids is 2. The smallest absolute Gasteiger partial charge is 0.274 e. The van der Waals surface area contributed by atoms with Gasteiger partial charge in [-0.2, -0.15) is 5.10 Å². The van der Waals surface area contributed by atoms with Gasteiger partial charge in [-0.25, -0.2) is 9.50 Å². The number of hydrogen-bond donors (Lipinski definition) is 1. The number of hydrogen-bond acceptors (Lipinski definition) is 4. The summed E-state index contributed by atoms with van der Waals surface area (Å²) in [7, 11) is 0. The molecule has 3 aromatic rings. The number of rotatable bonds is 3. The summed E-state index contributed by atoms with van der Waals surface area (Å²) in [5, 5.41) is 7.08. The zero-order valence-electron chi connectivity index (χ0n) is 13.1. The zero-order chi connectivity index (χ0) is 16.6. The third-order valence-electron chi connectivity index (χ3n) is 3.49. The Balaban J connectivity index is 1.91. The van der Waals surface area contributed by atoms with E-state index in [2.05, 4.69) is 15.4 Å². The Morgan fingerprint density at radius 2 is 1.91 bits per heavy atom. The van der Waals surface area contributed by atoms with Gasteiger partial charge >= 0.3 is 0 Å². The summed E-state index contributed by atoms with van der Waals surface area (Å²) in [5.74, 6) is -0.374. The molecule has 0 unspecified atom stereocenters.